The summed E-state index contributed by atoms with van der Waals surface area (Å²) < 4.78 is 27.0. The number of sulfonamides is 1. The average Bonchev–Trinajstić information content (AvgIpc) is 2.47. The molecule has 2 aromatic rings. The summed E-state index contributed by atoms with van der Waals surface area (Å²) in [6, 6.07) is 11.0. The number of nitrogen functional groups attached to an aromatic ring is 1. The second-order valence-corrected chi connectivity index (χ2v) is 6.37. The van der Waals surface area contributed by atoms with Crippen LogP contribution in [0.4, 0.5) is 5.82 Å². The van der Waals surface area contributed by atoms with Crippen LogP contribution in [0.3, 0.4) is 0 Å². The van der Waals surface area contributed by atoms with Gasteiger partial charge in [-0.25, -0.2) is 24.0 Å². The van der Waals surface area contributed by atoms with Gasteiger partial charge in [-0.15, -0.1) is 0 Å². The molecule has 0 fully saturated rings. The summed E-state index contributed by atoms with van der Waals surface area (Å²) in [5.74, 6) is 5.40. The number of hydrogen-bond acceptors (Lipinski definition) is 5. The van der Waals surface area contributed by atoms with Gasteiger partial charge in [0.1, 0.15) is 4.90 Å². The van der Waals surface area contributed by atoms with Gasteiger partial charge in [-0.05, 0) is 31.0 Å². The van der Waals surface area contributed by atoms with E-state index in [2.05, 4.69) is 15.1 Å². The van der Waals surface area contributed by atoms with Gasteiger partial charge in [0, 0.05) is 12.7 Å². The molecule has 21 heavy (non-hydrogen) atoms. The number of anilines is 1. The Hall–Kier alpha value is -1.96. The summed E-state index contributed by atoms with van der Waals surface area (Å²) in [5, 5.41) is 0. The standard InChI is InChI=1S/C14H18N4O2S/c1-11-4-2-5-12(10-11)7-9-17-21(19,20)13-6-3-8-16-14(13)18-15/h2-6,8,10,17H,7,9,15H2,1H3,(H,16,18). The summed E-state index contributed by atoms with van der Waals surface area (Å²) in [4.78, 5) is 3.92. The maximum Gasteiger partial charge on any atom is 0.244 e. The molecule has 0 saturated carbocycles. The largest absolute Gasteiger partial charge is 0.307 e. The van der Waals surface area contributed by atoms with E-state index < -0.39 is 10.0 Å². The monoisotopic (exact) mass is 306 g/mol. The normalized spacial score (nSPS) is 11.3. The Morgan fingerprint density at radius 3 is 2.76 bits per heavy atom. The molecule has 2 rings (SSSR count). The molecule has 0 spiro atoms. The van der Waals surface area contributed by atoms with Crippen molar-refractivity contribution in [2.24, 2.45) is 5.84 Å². The van der Waals surface area contributed by atoms with Gasteiger partial charge in [0.05, 0.1) is 0 Å². The van der Waals surface area contributed by atoms with Crippen LogP contribution in [-0.2, 0) is 16.4 Å². The van der Waals surface area contributed by atoms with E-state index in [-0.39, 0.29) is 10.7 Å². The van der Waals surface area contributed by atoms with Crippen LogP contribution in [0.15, 0.2) is 47.5 Å². The highest BCUT2D eigenvalue weighted by Crippen LogP contribution is 2.16. The number of benzene rings is 1. The Bertz CT molecular complexity index is 716. The first-order valence-electron chi connectivity index (χ1n) is 6.50. The van der Waals surface area contributed by atoms with Crippen LogP contribution < -0.4 is 16.0 Å². The summed E-state index contributed by atoms with van der Waals surface area (Å²) in [7, 11) is -3.64. The van der Waals surface area contributed by atoms with Gasteiger partial charge in [-0.2, -0.15) is 0 Å². The Labute approximate surface area is 124 Å². The fraction of sp³-hybridized carbons (Fsp3) is 0.214. The maximum atomic E-state index is 12.2. The number of pyridine rings is 1. The molecule has 0 bridgehead atoms. The molecule has 1 aromatic carbocycles. The lowest BCUT2D eigenvalue weighted by Gasteiger charge is -2.10. The summed E-state index contributed by atoms with van der Waals surface area (Å²) in [6.45, 7) is 2.31. The van der Waals surface area contributed by atoms with E-state index in [4.69, 9.17) is 5.84 Å². The van der Waals surface area contributed by atoms with E-state index in [1.807, 2.05) is 31.2 Å². The van der Waals surface area contributed by atoms with Gasteiger partial charge in [-0.3, -0.25) is 0 Å². The van der Waals surface area contributed by atoms with Crippen molar-refractivity contribution in [3.05, 3.63) is 53.7 Å². The van der Waals surface area contributed by atoms with Crippen molar-refractivity contribution in [3.8, 4) is 0 Å². The van der Waals surface area contributed by atoms with Crippen molar-refractivity contribution in [1.82, 2.24) is 9.71 Å². The van der Waals surface area contributed by atoms with Crippen LogP contribution in [0.2, 0.25) is 0 Å². The lowest BCUT2D eigenvalue weighted by molar-refractivity contribution is 0.581. The molecule has 0 amide bonds. The minimum absolute atomic E-state index is 0.0387. The lowest BCUT2D eigenvalue weighted by atomic mass is 10.1. The maximum absolute atomic E-state index is 12.2. The molecular formula is C14H18N4O2S. The van der Waals surface area contributed by atoms with E-state index in [0.717, 1.165) is 11.1 Å². The van der Waals surface area contributed by atoms with E-state index in [0.29, 0.717) is 13.0 Å². The smallest absolute Gasteiger partial charge is 0.244 e. The third kappa shape index (κ3) is 4.01. The van der Waals surface area contributed by atoms with Crippen molar-refractivity contribution in [1.29, 1.82) is 0 Å². The minimum atomic E-state index is -3.64. The SMILES string of the molecule is Cc1cccc(CCNS(=O)(=O)c2cccnc2NN)c1. The highest BCUT2D eigenvalue weighted by Gasteiger charge is 2.18. The Balaban J connectivity index is 2.05. The Morgan fingerprint density at radius 1 is 1.24 bits per heavy atom. The van der Waals surface area contributed by atoms with Crippen LogP contribution in [-0.4, -0.2) is 19.9 Å². The summed E-state index contributed by atoms with van der Waals surface area (Å²) in [5.41, 5.74) is 4.52. The number of nitrogens with two attached hydrogens (primary N) is 1. The Kier molecular flexibility index (Phi) is 4.89. The number of rotatable bonds is 6. The van der Waals surface area contributed by atoms with Gasteiger partial charge < -0.3 is 5.43 Å². The molecule has 0 aliphatic heterocycles. The van der Waals surface area contributed by atoms with Crippen LogP contribution in [0, 0.1) is 6.92 Å². The van der Waals surface area contributed by atoms with Gasteiger partial charge >= 0.3 is 0 Å². The highest BCUT2D eigenvalue weighted by atomic mass is 32.2. The first kappa shape index (κ1) is 15.4. The third-order valence-electron chi connectivity index (χ3n) is 2.99. The number of nitrogens with zero attached hydrogens (tertiary/aromatic N) is 1. The predicted molar refractivity (Wildman–Crippen MR) is 82.1 cm³/mol. The molecule has 0 unspecified atom stereocenters. The molecular weight excluding hydrogens is 288 g/mol. The van der Waals surface area contributed by atoms with Crippen LogP contribution in [0.1, 0.15) is 11.1 Å². The van der Waals surface area contributed by atoms with Crippen molar-refractivity contribution >= 4 is 15.8 Å². The minimum Gasteiger partial charge on any atom is -0.307 e. The fourth-order valence-electron chi connectivity index (χ4n) is 1.99. The summed E-state index contributed by atoms with van der Waals surface area (Å²) >= 11 is 0. The molecule has 0 atom stereocenters. The number of hydrogen-bond donors (Lipinski definition) is 3. The fourth-order valence-corrected chi connectivity index (χ4v) is 3.14. The second kappa shape index (κ2) is 6.66. The number of hydrazine groups is 1. The van der Waals surface area contributed by atoms with E-state index in [1.165, 1.54) is 12.3 Å². The van der Waals surface area contributed by atoms with Crippen molar-refractivity contribution in [3.63, 3.8) is 0 Å². The molecule has 4 N–H and O–H groups in total. The highest BCUT2D eigenvalue weighted by molar-refractivity contribution is 7.89. The lowest BCUT2D eigenvalue weighted by Crippen LogP contribution is -2.27. The first-order chi connectivity index (χ1) is 10.0. The zero-order valence-corrected chi connectivity index (χ0v) is 12.5. The Morgan fingerprint density at radius 2 is 2.05 bits per heavy atom. The number of aryl methyl sites for hydroxylation is 1. The van der Waals surface area contributed by atoms with E-state index >= 15 is 0 Å². The molecule has 0 radical (unpaired) electrons. The zero-order valence-electron chi connectivity index (χ0n) is 11.7. The van der Waals surface area contributed by atoms with Gasteiger partial charge in [-0.1, -0.05) is 29.8 Å². The molecule has 0 aliphatic rings. The summed E-state index contributed by atoms with van der Waals surface area (Å²) in [6.07, 6.45) is 2.09. The molecule has 0 aliphatic carbocycles. The van der Waals surface area contributed by atoms with Crippen molar-refractivity contribution in [2.45, 2.75) is 18.2 Å². The topological polar surface area (TPSA) is 97.1 Å². The van der Waals surface area contributed by atoms with E-state index in [1.54, 1.807) is 6.07 Å². The van der Waals surface area contributed by atoms with Crippen LogP contribution in [0.5, 0.6) is 0 Å². The molecule has 1 aromatic heterocycles. The quantitative estimate of drug-likeness (QED) is 0.550. The number of nitrogens with one attached hydrogen (secondary N) is 2. The zero-order chi connectivity index (χ0) is 15.3. The molecule has 0 saturated heterocycles. The number of aromatic nitrogens is 1. The molecule has 6 nitrogen and oxygen atoms in total. The first-order valence-corrected chi connectivity index (χ1v) is 7.98. The third-order valence-corrected chi connectivity index (χ3v) is 4.48. The van der Waals surface area contributed by atoms with Crippen molar-refractivity contribution in [2.75, 3.05) is 12.0 Å². The average molecular weight is 306 g/mol. The van der Waals surface area contributed by atoms with Crippen LogP contribution in [0.25, 0.3) is 0 Å². The van der Waals surface area contributed by atoms with Crippen molar-refractivity contribution < 1.29 is 8.42 Å². The van der Waals surface area contributed by atoms with Gasteiger partial charge in [0.2, 0.25) is 10.0 Å². The van der Waals surface area contributed by atoms with Gasteiger partial charge in [0.15, 0.2) is 5.82 Å². The van der Waals surface area contributed by atoms with E-state index in [9.17, 15) is 8.42 Å². The molecule has 112 valence electrons. The predicted octanol–water partition coefficient (Wildman–Crippen LogP) is 1.20. The van der Waals surface area contributed by atoms with Gasteiger partial charge in [0.25, 0.3) is 0 Å². The molecule has 1 heterocycles. The molecule has 7 heteroatoms. The van der Waals surface area contributed by atoms with Crippen LogP contribution >= 0.6 is 0 Å². The second-order valence-electron chi connectivity index (χ2n) is 4.63.